The van der Waals surface area contributed by atoms with E-state index in [4.69, 9.17) is 5.73 Å². The minimum atomic E-state index is 0.801. The molecule has 4 nitrogen and oxygen atoms in total. The number of nitrogens with zero attached hydrogens (tertiary/aromatic N) is 3. The number of hydrogen-bond donors (Lipinski definition) is 1. The molecule has 0 spiro atoms. The van der Waals surface area contributed by atoms with Gasteiger partial charge >= 0.3 is 0 Å². The van der Waals surface area contributed by atoms with Crippen LogP contribution in [0.3, 0.4) is 0 Å². The summed E-state index contributed by atoms with van der Waals surface area (Å²) in [7, 11) is 1.97. The van der Waals surface area contributed by atoms with E-state index in [1.807, 2.05) is 35.9 Å². The van der Waals surface area contributed by atoms with Gasteiger partial charge in [-0.1, -0.05) is 0 Å². The largest absolute Gasteiger partial charge is 0.391 e. The van der Waals surface area contributed by atoms with E-state index in [0.29, 0.717) is 0 Å². The highest BCUT2D eigenvalue weighted by atomic mass is 32.1. The summed E-state index contributed by atoms with van der Waals surface area (Å²) in [5, 5.41) is 0.801. The van der Waals surface area contributed by atoms with Crippen molar-refractivity contribution in [2.24, 2.45) is 7.05 Å². The third-order valence-corrected chi connectivity index (χ3v) is 3.39. The first-order valence-electron chi connectivity index (χ1n) is 4.89. The van der Waals surface area contributed by atoms with Crippen molar-refractivity contribution in [2.75, 3.05) is 5.73 Å². The fraction of sp³-hybridized carbons (Fsp3) is 0.0909. The van der Waals surface area contributed by atoms with Gasteiger partial charge in [0.25, 0.3) is 0 Å². The van der Waals surface area contributed by atoms with Crippen LogP contribution in [0.5, 0.6) is 0 Å². The maximum absolute atomic E-state index is 5.73. The van der Waals surface area contributed by atoms with Crippen molar-refractivity contribution in [2.45, 2.75) is 0 Å². The van der Waals surface area contributed by atoms with Crippen molar-refractivity contribution in [3.63, 3.8) is 0 Å². The zero-order valence-electron chi connectivity index (χ0n) is 8.71. The molecule has 0 unspecified atom stereocenters. The molecule has 2 N–H and O–H groups in total. The topological polar surface area (TPSA) is 56.7 Å². The quantitative estimate of drug-likeness (QED) is 0.697. The van der Waals surface area contributed by atoms with Crippen molar-refractivity contribution < 1.29 is 0 Å². The fourth-order valence-electron chi connectivity index (χ4n) is 1.72. The number of aryl methyl sites for hydroxylation is 1. The van der Waals surface area contributed by atoms with Gasteiger partial charge in [-0.2, -0.15) is 0 Å². The first kappa shape index (κ1) is 9.35. The second kappa shape index (κ2) is 3.31. The molecule has 3 heterocycles. The van der Waals surface area contributed by atoms with Crippen LogP contribution in [0, 0.1) is 0 Å². The summed E-state index contributed by atoms with van der Waals surface area (Å²) in [6, 6.07) is 7.73. The van der Waals surface area contributed by atoms with E-state index in [-0.39, 0.29) is 0 Å². The van der Waals surface area contributed by atoms with Crippen LogP contribution in [0.1, 0.15) is 0 Å². The van der Waals surface area contributed by atoms with Gasteiger partial charge in [0.15, 0.2) is 11.5 Å². The zero-order valence-corrected chi connectivity index (χ0v) is 9.53. The molecule has 3 aromatic heterocycles. The van der Waals surface area contributed by atoms with Gasteiger partial charge in [-0.3, -0.25) is 0 Å². The summed E-state index contributed by atoms with van der Waals surface area (Å²) in [6.45, 7) is 0. The van der Waals surface area contributed by atoms with Crippen LogP contribution in [0.15, 0.2) is 30.5 Å². The number of imidazole rings is 1. The van der Waals surface area contributed by atoms with E-state index in [1.54, 1.807) is 6.20 Å². The van der Waals surface area contributed by atoms with Gasteiger partial charge in [-0.05, 0) is 24.3 Å². The van der Waals surface area contributed by atoms with Crippen LogP contribution >= 0.6 is 11.3 Å². The van der Waals surface area contributed by atoms with Crippen LogP contribution in [0.4, 0.5) is 5.00 Å². The lowest BCUT2D eigenvalue weighted by molar-refractivity contribution is 0.945. The summed E-state index contributed by atoms with van der Waals surface area (Å²) >= 11 is 1.54. The third kappa shape index (κ3) is 1.29. The average molecular weight is 230 g/mol. The van der Waals surface area contributed by atoms with Gasteiger partial charge in [0.1, 0.15) is 5.52 Å². The SMILES string of the molecule is Cn1c(-c2ccc(N)s2)nc2cccnc21. The molecule has 0 fully saturated rings. The molecule has 0 saturated carbocycles. The Morgan fingerprint density at radius 1 is 1.31 bits per heavy atom. The van der Waals surface area contributed by atoms with Gasteiger partial charge in [0, 0.05) is 13.2 Å². The molecule has 16 heavy (non-hydrogen) atoms. The number of thiophene rings is 1. The molecule has 3 aromatic rings. The lowest BCUT2D eigenvalue weighted by Crippen LogP contribution is -1.91. The summed E-state index contributed by atoms with van der Waals surface area (Å²) in [6.07, 6.45) is 1.77. The summed E-state index contributed by atoms with van der Waals surface area (Å²) in [4.78, 5) is 9.93. The predicted molar refractivity (Wildman–Crippen MR) is 66.2 cm³/mol. The minimum absolute atomic E-state index is 0.801. The Hall–Kier alpha value is -1.88. The van der Waals surface area contributed by atoms with Gasteiger partial charge < -0.3 is 10.3 Å². The zero-order chi connectivity index (χ0) is 11.1. The Labute approximate surface area is 96.4 Å². The van der Waals surface area contributed by atoms with Gasteiger partial charge in [-0.15, -0.1) is 11.3 Å². The number of pyridine rings is 1. The van der Waals surface area contributed by atoms with E-state index >= 15 is 0 Å². The Balaban J connectivity index is 2.28. The Bertz CT molecular complexity index is 653. The van der Waals surface area contributed by atoms with Crippen molar-refractivity contribution in [1.82, 2.24) is 14.5 Å². The molecule has 0 aliphatic heterocycles. The molecule has 0 aliphatic rings. The van der Waals surface area contributed by atoms with Gasteiger partial charge in [-0.25, -0.2) is 9.97 Å². The summed E-state index contributed by atoms with van der Waals surface area (Å²) < 4.78 is 1.99. The maximum Gasteiger partial charge on any atom is 0.160 e. The number of nitrogen functional groups attached to an aromatic ring is 1. The molecular weight excluding hydrogens is 220 g/mol. The van der Waals surface area contributed by atoms with Crippen LogP contribution < -0.4 is 5.73 Å². The first-order valence-corrected chi connectivity index (χ1v) is 5.70. The van der Waals surface area contributed by atoms with E-state index in [2.05, 4.69) is 9.97 Å². The van der Waals surface area contributed by atoms with E-state index < -0.39 is 0 Å². The summed E-state index contributed by atoms with van der Waals surface area (Å²) in [5.74, 6) is 0.912. The molecule has 0 aromatic carbocycles. The van der Waals surface area contributed by atoms with E-state index in [0.717, 1.165) is 26.9 Å². The van der Waals surface area contributed by atoms with E-state index in [9.17, 15) is 0 Å². The minimum Gasteiger partial charge on any atom is -0.391 e. The monoisotopic (exact) mass is 230 g/mol. The number of fused-ring (bicyclic) bond motifs is 1. The third-order valence-electron chi connectivity index (χ3n) is 2.48. The number of rotatable bonds is 1. The predicted octanol–water partition coefficient (Wildman–Crippen LogP) is 2.28. The lowest BCUT2D eigenvalue weighted by atomic mass is 10.4. The normalized spacial score (nSPS) is 11.1. The molecule has 0 bridgehead atoms. The van der Waals surface area contributed by atoms with Crippen molar-refractivity contribution in [1.29, 1.82) is 0 Å². The Kier molecular flexibility index (Phi) is 1.94. The first-order chi connectivity index (χ1) is 7.75. The lowest BCUT2D eigenvalue weighted by Gasteiger charge is -1.97. The van der Waals surface area contributed by atoms with Crippen LogP contribution in [-0.2, 0) is 7.05 Å². The van der Waals surface area contributed by atoms with Crippen LogP contribution in [0.25, 0.3) is 21.9 Å². The van der Waals surface area contributed by atoms with Crippen molar-refractivity contribution in [3.05, 3.63) is 30.5 Å². The smallest absolute Gasteiger partial charge is 0.160 e. The van der Waals surface area contributed by atoms with Crippen LogP contribution in [-0.4, -0.2) is 14.5 Å². The fourth-order valence-corrected chi connectivity index (χ4v) is 2.52. The standard InChI is InChI=1S/C11H10N4S/c1-15-10-7(3-2-6-13-10)14-11(15)8-4-5-9(12)16-8/h2-6H,12H2,1H3. The summed E-state index contributed by atoms with van der Waals surface area (Å²) in [5.41, 5.74) is 7.53. The molecule has 0 aliphatic carbocycles. The molecule has 0 amide bonds. The second-order valence-electron chi connectivity index (χ2n) is 3.54. The van der Waals surface area contributed by atoms with Crippen LogP contribution in [0.2, 0.25) is 0 Å². The highest BCUT2D eigenvalue weighted by Crippen LogP contribution is 2.30. The van der Waals surface area contributed by atoms with E-state index in [1.165, 1.54) is 11.3 Å². The average Bonchev–Trinajstić information content (AvgIpc) is 2.84. The van der Waals surface area contributed by atoms with Gasteiger partial charge in [0.05, 0.1) is 9.88 Å². The molecule has 0 radical (unpaired) electrons. The molecule has 5 heteroatoms. The Morgan fingerprint density at radius 2 is 2.19 bits per heavy atom. The number of hydrogen-bond acceptors (Lipinski definition) is 4. The Morgan fingerprint density at radius 3 is 2.88 bits per heavy atom. The molecular formula is C11H10N4S. The van der Waals surface area contributed by atoms with Gasteiger partial charge in [0.2, 0.25) is 0 Å². The highest BCUT2D eigenvalue weighted by Gasteiger charge is 2.11. The number of aromatic nitrogens is 3. The number of nitrogens with two attached hydrogens (primary N) is 1. The molecule has 0 saturated heterocycles. The molecule has 80 valence electrons. The number of anilines is 1. The van der Waals surface area contributed by atoms with Crippen molar-refractivity contribution in [3.8, 4) is 10.7 Å². The van der Waals surface area contributed by atoms with Crippen molar-refractivity contribution >= 4 is 27.5 Å². The molecule has 0 atom stereocenters. The highest BCUT2D eigenvalue weighted by molar-refractivity contribution is 7.19. The molecule has 3 rings (SSSR count). The second-order valence-corrected chi connectivity index (χ2v) is 4.66. The maximum atomic E-state index is 5.73.